The third kappa shape index (κ3) is 4.28. The lowest BCUT2D eigenvalue weighted by Gasteiger charge is -2.05. The third-order valence-electron chi connectivity index (χ3n) is 0.505. The second-order valence-electron chi connectivity index (χ2n) is 1.24. The second-order valence-corrected chi connectivity index (χ2v) is 2.68. The third-order valence-corrected chi connectivity index (χ3v) is 1.76. The summed E-state index contributed by atoms with van der Waals surface area (Å²) in [6.45, 7) is 1.72. The first kappa shape index (κ1) is 8.76. The quantitative estimate of drug-likeness (QED) is 0.329. The smallest absolute Gasteiger partial charge is 0.172 e. The molecule has 0 atom stereocenters. The van der Waals surface area contributed by atoms with Crippen molar-refractivity contribution in [1.82, 2.24) is 5.06 Å². The first-order valence-electron chi connectivity index (χ1n) is 2.23. The number of nitrogens with zero attached hydrogens (tertiary/aromatic N) is 1. The van der Waals surface area contributed by atoms with Crippen molar-refractivity contribution in [3.05, 3.63) is 0 Å². The molecular weight excluding hydrogens is 154 g/mol. The maximum atomic E-state index is 8.65. The number of thioether (sulfide) groups is 1. The molecule has 0 aromatic heterocycles. The average molecular weight is 161 g/mol. The standard InChI is InChI=1S/C5H7NOS2/c1-3-4-9-5(8)6(2)7/h7H,1-2H3. The largest absolute Gasteiger partial charge is 0.287 e. The molecule has 0 fully saturated rings. The molecule has 9 heavy (non-hydrogen) atoms. The zero-order chi connectivity index (χ0) is 7.28. The minimum absolute atomic E-state index is 0.365. The maximum absolute atomic E-state index is 8.65. The molecule has 0 bridgehead atoms. The van der Waals surface area contributed by atoms with Crippen LogP contribution in [0, 0.1) is 11.2 Å². The van der Waals surface area contributed by atoms with Crippen molar-refractivity contribution in [3.8, 4) is 11.2 Å². The van der Waals surface area contributed by atoms with Gasteiger partial charge in [-0.25, -0.2) is 5.06 Å². The van der Waals surface area contributed by atoms with Crippen LogP contribution < -0.4 is 0 Å². The van der Waals surface area contributed by atoms with Crippen molar-refractivity contribution in [2.75, 3.05) is 7.05 Å². The van der Waals surface area contributed by atoms with Crippen LogP contribution in [0.5, 0.6) is 0 Å². The van der Waals surface area contributed by atoms with Crippen molar-refractivity contribution in [3.63, 3.8) is 0 Å². The Bertz CT molecular complexity index is 156. The van der Waals surface area contributed by atoms with Crippen LogP contribution >= 0.6 is 24.0 Å². The number of hydrogen-bond acceptors (Lipinski definition) is 3. The fourth-order valence-electron chi connectivity index (χ4n) is 0.161. The van der Waals surface area contributed by atoms with Gasteiger partial charge in [0, 0.05) is 7.05 Å². The van der Waals surface area contributed by atoms with E-state index >= 15 is 0 Å². The fraction of sp³-hybridized carbons (Fsp3) is 0.400. The van der Waals surface area contributed by atoms with E-state index in [9.17, 15) is 0 Å². The summed E-state index contributed by atoms with van der Waals surface area (Å²) in [5, 5.41) is 12.2. The Morgan fingerprint density at radius 1 is 1.78 bits per heavy atom. The average Bonchev–Trinajstić information content (AvgIpc) is 1.82. The van der Waals surface area contributed by atoms with E-state index in [4.69, 9.17) is 5.21 Å². The van der Waals surface area contributed by atoms with Crippen molar-refractivity contribution in [2.45, 2.75) is 6.92 Å². The highest BCUT2D eigenvalue weighted by Crippen LogP contribution is 2.02. The van der Waals surface area contributed by atoms with E-state index in [1.165, 1.54) is 7.05 Å². The molecule has 0 saturated carbocycles. The predicted octanol–water partition coefficient (Wildman–Crippen LogP) is 1.31. The Morgan fingerprint density at radius 2 is 2.33 bits per heavy atom. The molecule has 0 rings (SSSR count). The summed E-state index contributed by atoms with van der Waals surface area (Å²) in [6.07, 6.45) is 0. The van der Waals surface area contributed by atoms with Gasteiger partial charge in [0.25, 0.3) is 0 Å². The van der Waals surface area contributed by atoms with Crippen LogP contribution in [0.15, 0.2) is 0 Å². The summed E-state index contributed by atoms with van der Waals surface area (Å²) >= 11 is 5.81. The summed E-state index contributed by atoms with van der Waals surface area (Å²) in [5.74, 6) is 2.64. The van der Waals surface area contributed by atoms with E-state index < -0.39 is 0 Å². The SMILES string of the molecule is CC#CSC(=S)N(C)O. The summed E-state index contributed by atoms with van der Waals surface area (Å²) in [6, 6.07) is 0. The van der Waals surface area contributed by atoms with Gasteiger partial charge in [-0.15, -0.1) is 0 Å². The Kier molecular flexibility index (Phi) is 4.50. The molecule has 0 aromatic rings. The van der Waals surface area contributed by atoms with Crippen LogP contribution in [0.3, 0.4) is 0 Å². The topological polar surface area (TPSA) is 23.5 Å². The first-order valence-corrected chi connectivity index (χ1v) is 3.46. The maximum Gasteiger partial charge on any atom is 0.172 e. The van der Waals surface area contributed by atoms with E-state index in [0.717, 1.165) is 16.8 Å². The summed E-state index contributed by atoms with van der Waals surface area (Å²) < 4.78 is 0.365. The lowest BCUT2D eigenvalue weighted by atomic mass is 10.9. The van der Waals surface area contributed by atoms with Crippen LogP contribution in [0.2, 0.25) is 0 Å². The first-order chi connectivity index (χ1) is 4.18. The van der Waals surface area contributed by atoms with E-state index in [2.05, 4.69) is 23.4 Å². The van der Waals surface area contributed by atoms with Crippen molar-refractivity contribution in [2.24, 2.45) is 0 Å². The minimum Gasteiger partial charge on any atom is -0.287 e. The number of thiocarbonyl (C=S) groups is 1. The number of hydroxylamine groups is 2. The molecule has 0 unspecified atom stereocenters. The van der Waals surface area contributed by atoms with Crippen molar-refractivity contribution >= 4 is 28.3 Å². The van der Waals surface area contributed by atoms with Gasteiger partial charge in [0.15, 0.2) is 4.32 Å². The van der Waals surface area contributed by atoms with Crippen molar-refractivity contribution in [1.29, 1.82) is 0 Å². The molecule has 0 amide bonds. The van der Waals surface area contributed by atoms with E-state index in [1.54, 1.807) is 6.92 Å². The molecule has 0 aromatic carbocycles. The Morgan fingerprint density at radius 3 is 2.67 bits per heavy atom. The van der Waals surface area contributed by atoms with E-state index in [0.29, 0.717) is 4.32 Å². The highest BCUT2D eigenvalue weighted by molar-refractivity contribution is 8.26. The van der Waals surface area contributed by atoms with Crippen LogP contribution in [0.1, 0.15) is 6.92 Å². The highest BCUT2D eigenvalue weighted by Gasteiger charge is 1.96. The molecule has 0 heterocycles. The Hall–Kier alpha value is -0.240. The minimum atomic E-state index is 0.365. The van der Waals surface area contributed by atoms with Gasteiger partial charge >= 0.3 is 0 Å². The highest BCUT2D eigenvalue weighted by atomic mass is 32.2. The molecular formula is C5H7NOS2. The van der Waals surface area contributed by atoms with E-state index in [1.807, 2.05) is 0 Å². The molecule has 1 N–H and O–H groups in total. The molecule has 50 valence electrons. The fourth-order valence-corrected chi connectivity index (χ4v) is 0.607. The molecule has 0 aliphatic rings. The van der Waals surface area contributed by atoms with E-state index in [-0.39, 0.29) is 0 Å². The zero-order valence-electron chi connectivity index (χ0n) is 5.21. The van der Waals surface area contributed by atoms with Crippen LogP contribution in [-0.4, -0.2) is 21.6 Å². The van der Waals surface area contributed by atoms with Gasteiger partial charge in [-0.05, 0) is 36.2 Å². The summed E-state index contributed by atoms with van der Waals surface area (Å²) in [4.78, 5) is 0. The molecule has 0 radical (unpaired) electrons. The normalized spacial score (nSPS) is 7.44. The Balaban J connectivity index is 3.60. The second kappa shape index (κ2) is 4.62. The van der Waals surface area contributed by atoms with Crippen LogP contribution in [0.4, 0.5) is 0 Å². The van der Waals surface area contributed by atoms with Crippen LogP contribution in [0.25, 0.3) is 0 Å². The molecule has 0 aliphatic heterocycles. The summed E-state index contributed by atoms with van der Waals surface area (Å²) in [5.41, 5.74) is 0. The molecule has 0 spiro atoms. The lowest BCUT2D eigenvalue weighted by molar-refractivity contribution is 0.0206. The molecule has 0 aliphatic carbocycles. The molecule has 4 heteroatoms. The van der Waals surface area contributed by atoms with Crippen LogP contribution in [-0.2, 0) is 0 Å². The zero-order valence-corrected chi connectivity index (χ0v) is 6.84. The monoisotopic (exact) mass is 161 g/mol. The van der Waals surface area contributed by atoms with Gasteiger partial charge in [-0.1, -0.05) is 5.92 Å². The number of hydrogen-bond donors (Lipinski definition) is 1. The van der Waals surface area contributed by atoms with Gasteiger partial charge in [-0.2, -0.15) is 0 Å². The van der Waals surface area contributed by atoms with Gasteiger partial charge in [0.05, 0.1) is 0 Å². The van der Waals surface area contributed by atoms with Crippen molar-refractivity contribution < 1.29 is 5.21 Å². The summed E-state index contributed by atoms with van der Waals surface area (Å²) in [7, 11) is 1.46. The molecule has 0 saturated heterocycles. The number of rotatable bonds is 0. The van der Waals surface area contributed by atoms with Gasteiger partial charge < -0.3 is 0 Å². The lowest BCUT2D eigenvalue weighted by Crippen LogP contribution is -2.16. The Labute approximate surface area is 64.2 Å². The van der Waals surface area contributed by atoms with Gasteiger partial charge in [-0.3, -0.25) is 5.21 Å². The van der Waals surface area contributed by atoms with Gasteiger partial charge in [0.2, 0.25) is 0 Å². The molecule has 2 nitrogen and oxygen atoms in total. The predicted molar refractivity (Wildman–Crippen MR) is 43.2 cm³/mol. The van der Waals surface area contributed by atoms with Gasteiger partial charge in [0.1, 0.15) is 0 Å².